The Morgan fingerprint density at radius 2 is 2.00 bits per heavy atom. The summed E-state index contributed by atoms with van der Waals surface area (Å²) in [7, 11) is 0. The summed E-state index contributed by atoms with van der Waals surface area (Å²) < 4.78 is 106. The van der Waals surface area contributed by atoms with Gasteiger partial charge in [0.15, 0.2) is 0 Å². The van der Waals surface area contributed by atoms with Gasteiger partial charge in [-0.05, 0) is 37.5 Å². The third-order valence-corrected chi connectivity index (χ3v) is 2.68. The maximum atomic E-state index is 8.34. The summed E-state index contributed by atoms with van der Waals surface area (Å²) in [5, 5.41) is 0. The Morgan fingerprint density at radius 3 is 2.75 bits per heavy atom. The second-order valence-corrected chi connectivity index (χ2v) is 4.10. The molecule has 1 unspecified atom stereocenters. The molecule has 0 aliphatic carbocycles. The molecule has 0 heterocycles. The van der Waals surface area contributed by atoms with Gasteiger partial charge in [0.25, 0.3) is 0 Å². The zero-order chi connectivity index (χ0) is 25.4. The average Bonchev–Trinajstić information content (AvgIpc) is 2.67. The normalized spacial score (nSPS) is 23.9. The third-order valence-electron chi connectivity index (χ3n) is 2.68. The first-order valence-corrected chi connectivity index (χ1v) is 6.03. The molecule has 20 heavy (non-hydrogen) atoms. The van der Waals surface area contributed by atoms with Crippen molar-refractivity contribution in [3.05, 3.63) is 71.2 Å². The Hall–Kier alpha value is -1.64. The van der Waals surface area contributed by atoms with Crippen LogP contribution in [0.25, 0.3) is 0 Å². The lowest BCUT2D eigenvalue weighted by Gasteiger charge is -2.22. The van der Waals surface area contributed by atoms with Crippen LogP contribution >= 0.6 is 0 Å². The van der Waals surface area contributed by atoms with Crippen molar-refractivity contribution in [1.29, 1.82) is 0 Å². The van der Waals surface area contributed by atoms with E-state index in [0.717, 1.165) is 0 Å². The van der Waals surface area contributed by atoms with Gasteiger partial charge in [-0.1, -0.05) is 54.5 Å². The maximum absolute atomic E-state index is 8.34. The van der Waals surface area contributed by atoms with Crippen LogP contribution in [0.4, 0.5) is 0 Å². The van der Waals surface area contributed by atoms with Crippen LogP contribution in [0.2, 0.25) is 0 Å². The minimum atomic E-state index is -2.95. The average molecular weight is 282 g/mol. The Balaban J connectivity index is 2.60. The van der Waals surface area contributed by atoms with Gasteiger partial charge in [0.05, 0.1) is 12.1 Å². The molecule has 0 radical (unpaired) electrons. The standard InChI is InChI=1S/C18H23NO/c1-15-9-7-8-12-17(15)18(20-14-13-19(2)3)16-10-5-4-6-11-16/h4-12,18H,13-14H2,1-3H3/i1D3,2D3,3D3,7D,8D,9D,12D. The van der Waals surface area contributed by atoms with E-state index < -0.39 is 69.8 Å². The first-order chi connectivity index (χ1) is 15.0. The molecule has 2 nitrogen and oxygen atoms in total. The summed E-state index contributed by atoms with van der Waals surface area (Å²) in [4.78, 5) is 0.285. The van der Waals surface area contributed by atoms with Crippen molar-refractivity contribution in [2.75, 3.05) is 27.1 Å². The van der Waals surface area contributed by atoms with E-state index in [2.05, 4.69) is 0 Å². The van der Waals surface area contributed by atoms with Crippen molar-refractivity contribution in [2.24, 2.45) is 0 Å². The molecule has 0 aliphatic heterocycles. The predicted molar refractivity (Wildman–Crippen MR) is 84.0 cm³/mol. The van der Waals surface area contributed by atoms with Gasteiger partial charge in [0.1, 0.15) is 6.10 Å². The molecular formula is C18H23NO. The number of benzene rings is 2. The third kappa shape index (κ3) is 3.92. The zero-order valence-corrected chi connectivity index (χ0v) is 10.7. The minimum absolute atomic E-state index is 0.285. The van der Waals surface area contributed by atoms with Gasteiger partial charge in [0.2, 0.25) is 0 Å². The predicted octanol–water partition coefficient (Wildman–Crippen LogP) is 3.66. The molecule has 0 bridgehead atoms. The molecule has 0 aromatic heterocycles. The first kappa shape index (κ1) is 5.28. The van der Waals surface area contributed by atoms with Crippen LogP contribution in [0.5, 0.6) is 0 Å². The molecule has 2 rings (SSSR count). The van der Waals surface area contributed by atoms with E-state index in [4.69, 9.17) is 22.6 Å². The van der Waals surface area contributed by atoms with Crippen LogP contribution in [0.1, 0.15) is 40.6 Å². The molecule has 0 fully saturated rings. The fourth-order valence-electron chi connectivity index (χ4n) is 1.75. The number of hydrogen-bond donors (Lipinski definition) is 0. The highest BCUT2D eigenvalue weighted by atomic mass is 16.5. The highest BCUT2D eigenvalue weighted by molar-refractivity contribution is 5.35. The number of ether oxygens (including phenoxy) is 1. The molecule has 2 heteroatoms. The van der Waals surface area contributed by atoms with Gasteiger partial charge in [0, 0.05) is 18.9 Å². The molecule has 0 amide bonds. The lowest BCUT2D eigenvalue weighted by molar-refractivity contribution is 0.0683. The lowest BCUT2D eigenvalue weighted by atomic mass is 9.97. The molecular weight excluding hydrogens is 246 g/mol. The molecule has 0 N–H and O–H groups in total. The van der Waals surface area contributed by atoms with Crippen LogP contribution in [-0.2, 0) is 4.74 Å². The smallest absolute Gasteiger partial charge is 0.108 e. The van der Waals surface area contributed by atoms with Gasteiger partial charge in [-0.3, -0.25) is 0 Å². The SMILES string of the molecule is [2H]c1c([2H])c([2H])c(C([2H])([2H])[2H])c(C(OCCN(C([2H])([2H])[2H])C([2H])([2H])[2H])c2ccccc2)c1[2H]. The maximum Gasteiger partial charge on any atom is 0.108 e. The number of nitrogens with zero attached hydrogens (tertiary/aromatic N) is 1. The second-order valence-electron chi connectivity index (χ2n) is 4.10. The molecule has 2 aromatic carbocycles. The largest absolute Gasteiger partial charge is 0.367 e. The van der Waals surface area contributed by atoms with E-state index in [-0.39, 0.29) is 10.5 Å². The Morgan fingerprint density at radius 1 is 1.20 bits per heavy atom. The van der Waals surface area contributed by atoms with Gasteiger partial charge < -0.3 is 9.64 Å². The molecule has 0 spiro atoms. The molecule has 0 aliphatic rings. The summed E-state index contributed by atoms with van der Waals surface area (Å²) in [6.45, 7) is -9.84. The molecule has 1 atom stereocenters. The van der Waals surface area contributed by atoms with E-state index in [1.165, 1.54) is 0 Å². The van der Waals surface area contributed by atoms with E-state index >= 15 is 0 Å². The van der Waals surface area contributed by atoms with Crippen LogP contribution in [0, 0.1) is 6.85 Å². The van der Waals surface area contributed by atoms with Crippen molar-refractivity contribution in [3.8, 4) is 0 Å². The minimum Gasteiger partial charge on any atom is -0.367 e. The Kier molecular flexibility index (Phi) is 1.91. The fraction of sp³-hybridized carbons (Fsp3) is 0.333. The molecule has 0 saturated carbocycles. The van der Waals surface area contributed by atoms with Crippen molar-refractivity contribution in [3.63, 3.8) is 0 Å². The number of likely N-dealkylation sites (N-methyl/N-ethyl adjacent to an activating group) is 1. The van der Waals surface area contributed by atoms with Crippen LogP contribution in [0.15, 0.2) is 54.5 Å². The number of rotatable bonds is 6. The van der Waals surface area contributed by atoms with E-state index in [9.17, 15) is 0 Å². The zero-order valence-electron chi connectivity index (χ0n) is 23.7. The lowest BCUT2D eigenvalue weighted by Crippen LogP contribution is -2.20. The van der Waals surface area contributed by atoms with Gasteiger partial charge in [-0.2, -0.15) is 0 Å². The van der Waals surface area contributed by atoms with Crippen molar-refractivity contribution in [2.45, 2.75) is 13.0 Å². The summed E-state index contributed by atoms with van der Waals surface area (Å²) >= 11 is 0. The first-order valence-electron chi connectivity index (χ1n) is 12.5. The Labute approximate surface area is 140 Å². The quantitative estimate of drug-likeness (QED) is 0.801. The van der Waals surface area contributed by atoms with Crippen LogP contribution < -0.4 is 0 Å². The van der Waals surface area contributed by atoms with Crippen molar-refractivity contribution in [1.82, 2.24) is 4.90 Å². The highest BCUT2D eigenvalue weighted by Crippen LogP contribution is 2.28. The van der Waals surface area contributed by atoms with Gasteiger partial charge in [-0.15, -0.1) is 0 Å². The van der Waals surface area contributed by atoms with Crippen molar-refractivity contribution >= 4 is 0 Å². The van der Waals surface area contributed by atoms with Crippen LogP contribution in [0.3, 0.4) is 0 Å². The topological polar surface area (TPSA) is 12.5 Å². The summed E-state index contributed by atoms with van der Waals surface area (Å²) in [6, 6.07) is 5.31. The van der Waals surface area contributed by atoms with Crippen LogP contribution in [-0.4, -0.2) is 32.0 Å². The highest BCUT2D eigenvalue weighted by Gasteiger charge is 2.16. The van der Waals surface area contributed by atoms with Gasteiger partial charge in [-0.25, -0.2) is 0 Å². The molecule has 2 aromatic rings. The molecule has 106 valence electrons. The van der Waals surface area contributed by atoms with Crippen molar-refractivity contribution < 1.29 is 22.6 Å². The molecule has 0 saturated heterocycles. The summed E-state index contributed by atoms with van der Waals surface area (Å²) in [5.41, 5.74) is -0.588. The van der Waals surface area contributed by atoms with E-state index in [1.807, 2.05) is 0 Å². The summed E-state index contributed by atoms with van der Waals surface area (Å²) in [6.07, 6.45) is -1.32. The fourth-order valence-corrected chi connectivity index (χ4v) is 1.75. The van der Waals surface area contributed by atoms with Gasteiger partial charge >= 0.3 is 0 Å². The second kappa shape index (κ2) is 7.22. The number of hydrogen-bond acceptors (Lipinski definition) is 2. The summed E-state index contributed by atoms with van der Waals surface area (Å²) in [5.74, 6) is 0. The van der Waals surface area contributed by atoms with E-state index in [0.29, 0.717) is 5.56 Å². The van der Waals surface area contributed by atoms with E-state index in [1.54, 1.807) is 30.3 Å². The Bertz CT molecular complexity index is 953. The monoisotopic (exact) mass is 282 g/mol.